The van der Waals surface area contributed by atoms with Crippen LogP contribution < -0.4 is 0 Å². The molecule has 29 heavy (non-hydrogen) atoms. The van der Waals surface area contributed by atoms with Gasteiger partial charge >= 0.3 is 0 Å². The van der Waals surface area contributed by atoms with E-state index in [9.17, 15) is 0 Å². The topological polar surface area (TPSA) is 0 Å². The Morgan fingerprint density at radius 2 is 1.62 bits per heavy atom. The Morgan fingerprint density at radius 1 is 0.828 bits per heavy atom. The lowest BCUT2D eigenvalue weighted by molar-refractivity contribution is 0.0810. The highest BCUT2D eigenvalue weighted by molar-refractivity contribution is 5.34. The Bertz CT molecular complexity index is 669. The summed E-state index contributed by atoms with van der Waals surface area (Å²) in [7, 11) is 0. The third-order valence-electron chi connectivity index (χ3n) is 8.68. The van der Waals surface area contributed by atoms with E-state index in [2.05, 4.69) is 44.2 Å². The molecule has 0 N–H and O–H groups in total. The molecule has 3 aliphatic rings. The van der Waals surface area contributed by atoms with Crippen LogP contribution in [-0.2, 0) is 19.3 Å². The van der Waals surface area contributed by atoms with Crippen LogP contribution in [0.2, 0.25) is 0 Å². The van der Waals surface area contributed by atoms with Crippen molar-refractivity contribution in [1.29, 1.82) is 0 Å². The smallest absolute Gasteiger partial charge is 0.0231 e. The summed E-state index contributed by atoms with van der Waals surface area (Å²) < 4.78 is 0. The third kappa shape index (κ3) is 5.36. The molecule has 0 spiro atoms. The van der Waals surface area contributed by atoms with Gasteiger partial charge in [0.15, 0.2) is 0 Å². The second-order valence-electron chi connectivity index (χ2n) is 10.6. The molecule has 0 radical (unpaired) electrons. The molecular weight excluding hydrogens is 348 g/mol. The summed E-state index contributed by atoms with van der Waals surface area (Å²) in [5.41, 5.74) is 4.98. The van der Waals surface area contributed by atoms with Crippen molar-refractivity contribution in [2.75, 3.05) is 0 Å². The first kappa shape index (κ1) is 21.2. The SMILES string of the molecule is CC=C[C@@H]1CC[C@@H]2CC(C3CCc4cc(CCCCCC)ccc4C3)CC[C@@H]2C1. The van der Waals surface area contributed by atoms with E-state index in [4.69, 9.17) is 0 Å². The van der Waals surface area contributed by atoms with Crippen LogP contribution in [0.25, 0.3) is 0 Å². The summed E-state index contributed by atoms with van der Waals surface area (Å²) in [4.78, 5) is 0. The van der Waals surface area contributed by atoms with Gasteiger partial charge < -0.3 is 0 Å². The van der Waals surface area contributed by atoms with Gasteiger partial charge in [0, 0.05) is 0 Å². The molecule has 2 fully saturated rings. The molecule has 2 saturated carbocycles. The van der Waals surface area contributed by atoms with E-state index < -0.39 is 0 Å². The maximum atomic E-state index is 2.57. The van der Waals surface area contributed by atoms with Gasteiger partial charge in [0.2, 0.25) is 0 Å². The van der Waals surface area contributed by atoms with Crippen LogP contribution >= 0.6 is 0 Å². The molecular formula is C29H44. The van der Waals surface area contributed by atoms with Crippen molar-refractivity contribution in [3.63, 3.8) is 0 Å². The van der Waals surface area contributed by atoms with E-state index in [1.807, 2.05) is 0 Å². The molecule has 0 aromatic heterocycles. The van der Waals surface area contributed by atoms with Crippen LogP contribution in [-0.4, -0.2) is 0 Å². The van der Waals surface area contributed by atoms with Crippen molar-refractivity contribution in [2.24, 2.45) is 29.6 Å². The Labute approximate surface area is 180 Å². The first-order chi connectivity index (χ1) is 14.3. The predicted octanol–water partition coefficient (Wildman–Crippen LogP) is 8.32. The molecule has 0 nitrogen and oxygen atoms in total. The summed E-state index contributed by atoms with van der Waals surface area (Å²) in [6.45, 7) is 4.50. The van der Waals surface area contributed by atoms with Gasteiger partial charge in [0.1, 0.15) is 0 Å². The Balaban J connectivity index is 1.30. The van der Waals surface area contributed by atoms with Crippen LogP contribution in [0.3, 0.4) is 0 Å². The Kier molecular flexibility index (Phi) is 7.54. The van der Waals surface area contributed by atoms with Gasteiger partial charge in [-0.1, -0.05) is 56.5 Å². The average Bonchev–Trinajstić information content (AvgIpc) is 2.76. The van der Waals surface area contributed by atoms with Crippen LogP contribution in [0.15, 0.2) is 30.4 Å². The fraction of sp³-hybridized carbons (Fsp3) is 0.724. The molecule has 160 valence electrons. The van der Waals surface area contributed by atoms with Gasteiger partial charge in [-0.15, -0.1) is 0 Å². The monoisotopic (exact) mass is 392 g/mol. The third-order valence-corrected chi connectivity index (χ3v) is 8.68. The van der Waals surface area contributed by atoms with Crippen LogP contribution in [0.5, 0.6) is 0 Å². The van der Waals surface area contributed by atoms with Gasteiger partial charge in [0.05, 0.1) is 0 Å². The zero-order valence-corrected chi connectivity index (χ0v) is 19.2. The van der Waals surface area contributed by atoms with Gasteiger partial charge in [0.25, 0.3) is 0 Å². The molecule has 0 saturated heterocycles. The molecule has 0 heteroatoms. The van der Waals surface area contributed by atoms with E-state index in [1.54, 1.807) is 23.1 Å². The Hall–Kier alpha value is -1.04. The first-order valence-corrected chi connectivity index (χ1v) is 13.0. The van der Waals surface area contributed by atoms with Crippen molar-refractivity contribution < 1.29 is 0 Å². The van der Waals surface area contributed by atoms with Crippen LogP contribution in [0.1, 0.15) is 101 Å². The molecule has 1 aromatic carbocycles. The van der Waals surface area contributed by atoms with Crippen LogP contribution in [0.4, 0.5) is 0 Å². The van der Waals surface area contributed by atoms with Crippen molar-refractivity contribution in [3.8, 4) is 0 Å². The van der Waals surface area contributed by atoms with E-state index in [0.29, 0.717) is 0 Å². The number of allylic oxidation sites excluding steroid dienone is 2. The molecule has 5 atom stereocenters. The summed E-state index contributed by atoms with van der Waals surface area (Å²) in [5.74, 6) is 4.94. The molecule has 1 aromatic rings. The minimum atomic E-state index is 0.885. The van der Waals surface area contributed by atoms with Crippen LogP contribution in [0, 0.1) is 29.6 Å². The van der Waals surface area contributed by atoms with Gasteiger partial charge in [-0.3, -0.25) is 0 Å². The fourth-order valence-corrected chi connectivity index (χ4v) is 6.99. The lowest BCUT2D eigenvalue weighted by atomic mass is 9.61. The fourth-order valence-electron chi connectivity index (χ4n) is 6.99. The highest BCUT2D eigenvalue weighted by Crippen LogP contribution is 2.48. The molecule has 0 aliphatic heterocycles. The van der Waals surface area contributed by atoms with E-state index in [-0.39, 0.29) is 0 Å². The van der Waals surface area contributed by atoms with Gasteiger partial charge in [-0.2, -0.15) is 0 Å². The molecule has 2 unspecified atom stereocenters. The zero-order chi connectivity index (χ0) is 20.1. The molecule has 0 heterocycles. The standard InChI is InChI=1S/C29H44/c1-3-5-6-7-9-23-11-13-27-21-29(17-15-25(27)19-23)28-16-14-24-18-22(8-4-2)10-12-26(24)20-28/h4,8,11,13,19,22,24,26,28-29H,3,5-7,9-10,12,14-18,20-21H2,1-2H3/t22-,24-,26-,28?,29?/m1/s1. The van der Waals surface area contributed by atoms with Crippen molar-refractivity contribution in [3.05, 3.63) is 47.0 Å². The maximum Gasteiger partial charge on any atom is -0.0231 e. The highest BCUT2D eigenvalue weighted by atomic mass is 14.4. The summed E-state index contributed by atoms with van der Waals surface area (Å²) in [6.07, 6.45) is 24.7. The minimum Gasteiger partial charge on any atom is -0.0914 e. The van der Waals surface area contributed by atoms with E-state index in [1.165, 1.54) is 83.5 Å². The number of aryl methyl sites for hydroxylation is 2. The number of fused-ring (bicyclic) bond motifs is 2. The molecule has 0 amide bonds. The number of hydrogen-bond donors (Lipinski definition) is 0. The second kappa shape index (κ2) is 10.3. The number of hydrogen-bond acceptors (Lipinski definition) is 0. The molecule has 4 rings (SSSR count). The van der Waals surface area contributed by atoms with Crippen molar-refractivity contribution in [2.45, 2.75) is 104 Å². The zero-order valence-electron chi connectivity index (χ0n) is 19.2. The lowest BCUT2D eigenvalue weighted by Gasteiger charge is -2.44. The largest absolute Gasteiger partial charge is 0.0914 e. The lowest BCUT2D eigenvalue weighted by Crippen LogP contribution is -2.34. The molecule has 0 bridgehead atoms. The average molecular weight is 393 g/mol. The Morgan fingerprint density at radius 3 is 2.45 bits per heavy atom. The number of benzene rings is 1. The van der Waals surface area contributed by atoms with E-state index in [0.717, 1.165) is 29.6 Å². The van der Waals surface area contributed by atoms with Gasteiger partial charge in [-0.05, 0) is 124 Å². The number of rotatable bonds is 7. The van der Waals surface area contributed by atoms with Crippen molar-refractivity contribution >= 4 is 0 Å². The number of unbranched alkanes of at least 4 members (excludes halogenated alkanes) is 3. The van der Waals surface area contributed by atoms with Gasteiger partial charge in [-0.25, -0.2) is 0 Å². The second-order valence-corrected chi connectivity index (χ2v) is 10.6. The predicted molar refractivity (Wildman–Crippen MR) is 126 cm³/mol. The minimum absolute atomic E-state index is 0.885. The van der Waals surface area contributed by atoms with Crippen molar-refractivity contribution in [1.82, 2.24) is 0 Å². The highest BCUT2D eigenvalue weighted by Gasteiger charge is 2.38. The first-order valence-electron chi connectivity index (χ1n) is 13.0. The molecule has 3 aliphatic carbocycles. The summed E-state index contributed by atoms with van der Waals surface area (Å²) >= 11 is 0. The summed E-state index contributed by atoms with van der Waals surface area (Å²) in [6, 6.07) is 7.52. The summed E-state index contributed by atoms with van der Waals surface area (Å²) in [5, 5.41) is 0. The quantitative estimate of drug-likeness (QED) is 0.323. The van der Waals surface area contributed by atoms with E-state index >= 15 is 0 Å². The normalized spacial score (nSPS) is 32.1. The maximum absolute atomic E-state index is 2.57.